The number of likely N-dealkylation sites (tertiary alicyclic amines) is 1. The second-order valence-electron chi connectivity index (χ2n) is 6.69. The van der Waals surface area contributed by atoms with Crippen molar-refractivity contribution in [2.45, 2.75) is 13.8 Å². The molecule has 0 spiro atoms. The number of benzene rings is 2. The molecule has 130 valence electrons. The van der Waals surface area contributed by atoms with Gasteiger partial charge in [-0.05, 0) is 36.1 Å². The van der Waals surface area contributed by atoms with E-state index >= 15 is 0 Å². The number of amides is 1. The fourth-order valence-corrected chi connectivity index (χ4v) is 3.24. The fourth-order valence-electron chi connectivity index (χ4n) is 3.24. The van der Waals surface area contributed by atoms with Gasteiger partial charge in [-0.15, -0.1) is 0 Å². The molecule has 1 aliphatic rings. The lowest BCUT2D eigenvalue weighted by atomic mass is 9.99. The van der Waals surface area contributed by atoms with Crippen molar-refractivity contribution in [3.05, 3.63) is 59.4 Å². The standard InChI is InChI=1S/C20H20FNO3/c1-12-3-5-14(6-4-12)15-7-8-16(18(21)9-15)19(23)22-10-13(2)17(11-22)20(24)25/h3-9,13,17H,10-11H2,1-2H3,(H,24,25)/t13-,17-/m1/s1. The number of aliphatic carboxylic acids is 1. The Hall–Kier alpha value is -2.69. The van der Waals surface area contributed by atoms with Gasteiger partial charge in [0.2, 0.25) is 0 Å². The Morgan fingerprint density at radius 3 is 2.28 bits per heavy atom. The van der Waals surface area contributed by atoms with Gasteiger partial charge < -0.3 is 10.0 Å². The lowest BCUT2D eigenvalue weighted by Gasteiger charge is -2.17. The molecule has 1 heterocycles. The summed E-state index contributed by atoms with van der Waals surface area (Å²) in [6, 6.07) is 12.3. The van der Waals surface area contributed by atoms with Crippen molar-refractivity contribution in [3.63, 3.8) is 0 Å². The maximum absolute atomic E-state index is 14.5. The molecule has 1 aliphatic heterocycles. The van der Waals surface area contributed by atoms with Gasteiger partial charge in [-0.3, -0.25) is 9.59 Å². The van der Waals surface area contributed by atoms with Crippen LogP contribution in [0, 0.1) is 24.6 Å². The number of rotatable bonds is 3. The molecular formula is C20H20FNO3. The Kier molecular flexibility index (Phi) is 4.57. The zero-order valence-electron chi connectivity index (χ0n) is 14.2. The summed E-state index contributed by atoms with van der Waals surface area (Å²) in [5.41, 5.74) is 2.68. The Labute approximate surface area is 145 Å². The molecule has 5 heteroatoms. The van der Waals surface area contributed by atoms with Gasteiger partial charge in [0.25, 0.3) is 5.91 Å². The number of hydrogen-bond acceptors (Lipinski definition) is 2. The third kappa shape index (κ3) is 3.40. The van der Waals surface area contributed by atoms with E-state index in [2.05, 4.69) is 0 Å². The Bertz CT molecular complexity index is 816. The Morgan fingerprint density at radius 2 is 1.72 bits per heavy atom. The predicted octanol–water partition coefficient (Wildman–Crippen LogP) is 3.59. The lowest BCUT2D eigenvalue weighted by Crippen LogP contribution is -2.30. The summed E-state index contributed by atoms with van der Waals surface area (Å²) < 4.78 is 14.5. The number of halogens is 1. The van der Waals surface area contributed by atoms with Crippen LogP contribution in [-0.2, 0) is 4.79 Å². The molecule has 4 nitrogen and oxygen atoms in total. The molecule has 0 aliphatic carbocycles. The largest absolute Gasteiger partial charge is 0.481 e. The molecule has 25 heavy (non-hydrogen) atoms. The van der Waals surface area contributed by atoms with Gasteiger partial charge in [-0.2, -0.15) is 0 Å². The molecule has 0 unspecified atom stereocenters. The van der Waals surface area contributed by atoms with Crippen LogP contribution in [0.2, 0.25) is 0 Å². The van der Waals surface area contributed by atoms with E-state index in [-0.39, 0.29) is 18.0 Å². The highest BCUT2D eigenvalue weighted by molar-refractivity contribution is 5.95. The second kappa shape index (κ2) is 6.67. The number of aryl methyl sites for hydroxylation is 1. The van der Waals surface area contributed by atoms with E-state index in [1.54, 1.807) is 13.0 Å². The molecule has 1 fully saturated rings. The smallest absolute Gasteiger partial charge is 0.308 e. The van der Waals surface area contributed by atoms with Gasteiger partial charge in [-0.25, -0.2) is 4.39 Å². The number of carboxylic acid groups (broad SMARTS) is 1. The van der Waals surface area contributed by atoms with Gasteiger partial charge >= 0.3 is 5.97 Å². The first-order chi connectivity index (χ1) is 11.9. The van der Waals surface area contributed by atoms with Crippen LogP contribution in [-0.4, -0.2) is 35.0 Å². The number of carboxylic acids is 1. The van der Waals surface area contributed by atoms with Crippen molar-refractivity contribution in [2.75, 3.05) is 13.1 Å². The van der Waals surface area contributed by atoms with Crippen molar-refractivity contribution in [3.8, 4) is 11.1 Å². The molecule has 0 bridgehead atoms. The van der Waals surface area contributed by atoms with Crippen molar-refractivity contribution >= 4 is 11.9 Å². The van der Waals surface area contributed by atoms with E-state index in [9.17, 15) is 19.1 Å². The molecule has 3 rings (SSSR count). The molecular weight excluding hydrogens is 321 g/mol. The monoisotopic (exact) mass is 341 g/mol. The first kappa shape index (κ1) is 17.1. The number of nitrogens with zero attached hydrogens (tertiary/aromatic N) is 1. The minimum atomic E-state index is -0.919. The summed E-state index contributed by atoms with van der Waals surface area (Å²) in [4.78, 5) is 25.2. The van der Waals surface area contributed by atoms with Crippen LogP contribution in [0.5, 0.6) is 0 Å². The summed E-state index contributed by atoms with van der Waals surface area (Å²) in [5.74, 6) is -2.70. The molecule has 1 N–H and O–H groups in total. The molecule has 2 aromatic carbocycles. The molecule has 1 saturated heterocycles. The quantitative estimate of drug-likeness (QED) is 0.928. The van der Waals surface area contributed by atoms with Crippen LogP contribution in [0.1, 0.15) is 22.8 Å². The highest BCUT2D eigenvalue weighted by Gasteiger charge is 2.37. The van der Waals surface area contributed by atoms with Crippen molar-refractivity contribution in [1.82, 2.24) is 4.90 Å². The van der Waals surface area contributed by atoms with Crippen LogP contribution in [0.4, 0.5) is 4.39 Å². The fraction of sp³-hybridized carbons (Fsp3) is 0.300. The van der Waals surface area contributed by atoms with Crippen LogP contribution in [0.25, 0.3) is 11.1 Å². The molecule has 0 aromatic heterocycles. The molecule has 2 aromatic rings. The summed E-state index contributed by atoms with van der Waals surface area (Å²) in [6.45, 7) is 4.22. The summed E-state index contributed by atoms with van der Waals surface area (Å²) in [6.07, 6.45) is 0. The lowest BCUT2D eigenvalue weighted by molar-refractivity contribution is -0.142. The Balaban J connectivity index is 1.82. The van der Waals surface area contributed by atoms with Crippen LogP contribution < -0.4 is 0 Å². The van der Waals surface area contributed by atoms with Crippen molar-refractivity contribution in [1.29, 1.82) is 0 Å². The SMILES string of the molecule is Cc1ccc(-c2ccc(C(=O)N3C[C@@H](C)[C@H](C(=O)O)C3)c(F)c2)cc1. The topological polar surface area (TPSA) is 57.6 Å². The predicted molar refractivity (Wildman–Crippen MR) is 92.8 cm³/mol. The first-order valence-electron chi connectivity index (χ1n) is 8.25. The van der Waals surface area contributed by atoms with E-state index in [0.717, 1.165) is 11.1 Å². The maximum Gasteiger partial charge on any atom is 0.308 e. The Morgan fingerprint density at radius 1 is 1.08 bits per heavy atom. The average molecular weight is 341 g/mol. The zero-order valence-corrected chi connectivity index (χ0v) is 14.2. The summed E-state index contributed by atoms with van der Waals surface area (Å²) >= 11 is 0. The maximum atomic E-state index is 14.5. The number of carbonyl (C=O) groups is 2. The highest BCUT2D eigenvalue weighted by atomic mass is 19.1. The van der Waals surface area contributed by atoms with Crippen LogP contribution in [0.15, 0.2) is 42.5 Å². The first-order valence-corrected chi connectivity index (χ1v) is 8.25. The van der Waals surface area contributed by atoms with Gasteiger partial charge in [0.05, 0.1) is 11.5 Å². The van der Waals surface area contributed by atoms with E-state index in [4.69, 9.17) is 0 Å². The third-order valence-electron chi connectivity index (χ3n) is 4.80. The molecule has 0 radical (unpaired) electrons. The van der Waals surface area contributed by atoms with Crippen molar-refractivity contribution in [2.24, 2.45) is 11.8 Å². The molecule has 1 amide bonds. The summed E-state index contributed by atoms with van der Waals surface area (Å²) in [5, 5.41) is 9.18. The molecule has 2 atom stereocenters. The minimum Gasteiger partial charge on any atom is -0.481 e. The van der Waals surface area contributed by atoms with Crippen molar-refractivity contribution < 1.29 is 19.1 Å². The third-order valence-corrected chi connectivity index (χ3v) is 4.80. The minimum absolute atomic E-state index is 0.0194. The van der Waals surface area contributed by atoms with E-state index in [1.165, 1.54) is 17.0 Å². The highest BCUT2D eigenvalue weighted by Crippen LogP contribution is 2.27. The number of hydrogen-bond donors (Lipinski definition) is 1. The van der Waals surface area contributed by atoms with E-state index < -0.39 is 23.6 Å². The summed E-state index contributed by atoms with van der Waals surface area (Å²) in [7, 11) is 0. The normalized spacial score (nSPS) is 19.9. The van der Waals surface area contributed by atoms with E-state index in [0.29, 0.717) is 12.1 Å². The average Bonchev–Trinajstić information content (AvgIpc) is 2.97. The number of carbonyl (C=O) groups excluding carboxylic acids is 1. The van der Waals surface area contributed by atoms with E-state index in [1.807, 2.05) is 31.2 Å². The van der Waals surface area contributed by atoms with Gasteiger partial charge in [0.15, 0.2) is 0 Å². The van der Waals surface area contributed by atoms with Crippen LogP contribution >= 0.6 is 0 Å². The zero-order chi connectivity index (χ0) is 18.1. The van der Waals surface area contributed by atoms with Gasteiger partial charge in [0.1, 0.15) is 5.82 Å². The molecule has 0 saturated carbocycles. The van der Waals surface area contributed by atoms with Gasteiger partial charge in [0, 0.05) is 13.1 Å². The second-order valence-corrected chi connectivity index (χ2v) is 6.69. The van der Waals surface area contributed by atoms with Crippen LogP contribution in [0.3, 0.4) is 0 Å². The van der Waals surface area contributed by atoms with Gasteiger partial charge in [-0.1, -0.05) is 42.8 Å².